The summed E-state index contributed by atoms with van der Waals surface area (Å²) in [7, 11) is 0. The van der Waals surface area contributed by atoms with Crippen LogP contribution in [0.3, 0.4) is 0 Å². The molecule has 0 aliphatic heterocycles. The molecule has 3 aromatic carbocycles. The SMILES string of the molecule is CC(C)N(c1cccc(CCCc2cc(COC(=O)c3ccccc3)ccc2O)c1)C(C)C. The highest BCUT2D eigenvalue weighted by atomic mass is 16.5. The van der Waals surface area contributed by atoms with Crippen LogP contribution in [0.4, 0.5) is 5.69 Å². The Morgan fingerprint density at radius 3 is 2.27 bits per heavy atom. The summed E-state index contributed by atoms with van der Waals surface area (Å²) < 4.78 is 5.43. The molecule has 33 heavy (non-hydrogen) atoms. The average molecular weight is 446 g/mol. The summed E-state index contributed by atoms with van der Waals surface area (Å²) >= 11 is 0. The number of carbonyl (C=O) groups excluding carboxylic acids is 1. The van der Waals surface area contributed by atoms with Crippen LogP contribution in [0, 0.1) is 0 Å². The van der Waals surface area contributed by atoms with E-state index in [2.05, 4.69) is 56.9 Å². The first-order valence-corrected chi connectivity index (χ1v) is 11.8. The second-order valence-corrected chi connectivity index (χ2v) is 9.02. The van der Waals surface area contributed by atoms with E-state index in [1.54, 1.807) is 24.3 Å². The van der Waals surface area contributed by atoms with Gasteiger partial charge in [0, 0.05) is 17.8 Å². The zero-order valence-corrected chi connectivity index (χ0v) is 20.1. The fourth-order valence-electron chi connectivity index (χ4n) is 4.28. The highest BCUT2D eigenvalue weighted by Gasteiger charge is 2.14. The van der Waals surface area contributed by atoms with E-state index in [4.69, 9.17) is 4.74 Å². The lowest BCUT2D eigenvalue weighted by atomic mass is 10.0. The third-order valence-corrected chi connectivity index (χ3v) is 5.76. The Kier molecular flexibility index (Phi) is 8.53. The van der Waals surface area contributed by atoms with Crippen molar-refractivity contribution in [1.82, 2.24) is 0 Å². The molecule has 0 radical (unpaired) electrons. The molecule has 174 valence electrons. The van der Waals surface area contributed by atoms with Crippen molar-refractivity contribution in [2.24, 2.45) is 0 Å². The van der Waals surface area contributed by atoms with Crippen LogP contribution in [0.1, 0.15) is 61.2 Å². The van der Waals surface area contributed by atoms with Crippen LogP contribution in [0.25, 0.3) is 0 Å². The van der Waals surface area contributed by atoms with E-state index in [1.165, 1.54) is 11.3 Å². The van der Waals surface area contributed by atoms with Crippen LogP contribution in [-0.4, -0.2) is 23.2 Å². The molecule has 0 aromatic heterocycles. The van der Waals surface area contributed by atoms with Crippen molar-refractivity contribution in [3.63, 3.8) is 0 Å². The van der Waals surface area contributed by atoms with Gasteiger partial charge in [0.15, 0.2) is 0 Å². The number of esters is 1. The Labute approximate surface area is 197 Å². The quantitative estimate of drug-likeness (QED) is 0.360. The molecule has 1 N–H and O–H groups in total. The van der Waals surface area contributed by atoms with Crippen LogP contribution >= 0.6 is 0 Å². The summed E-state index contributed by atoms with van der Waals surface area (Å²) in [6, 6.07) is 24.0. The summed E-state index contributed by atoms with van der Waals surface area (Å²) in [5.41, 5.74) is 4.84. The van der Waals surface area contributed by atoms with Gasteiger partial charge in [-0.25, -0.2) is 4.79 Å². The highest BCUT2D eigenvalue weighted by Crippen LogP contribution is 2.24. The Balaban J connectivity index is 1.58. The summed E-state index contributed by atoms with van der Waals surface area (Å²) in [6.07, 6.45) is 2.62. The molecule has 0 aliphatic carbocycles. The Hall–Kier alpha value is -3.27. The Bertz CT molecular complexity index is 1040. The molecule has 4 nitrogen and oxygen atoms in total. The Morgan fingerprint density at radius 1 is 0.848 bits per heavy atom. The summed E-state index contributed by atoms with van der Waals surface area (Å²) in [4.78, 5) is 14.6. The van der Waals surface area contributed by atoms with Gasteiger partial charge in [0.05, 0.1) is 5.56 Å². The topological polar surface area (TPSA) is 49.8 Å². The molecule has 0 aliphatic rings. The minimum Gasteiger partial charge on any atom is -0.508 e. The molecule has 0 saturated carbocycles. The zero-order valence-electron chi connectivity index (χ0n) is 20.1. The maximum Gasteiger partial charge on any atom is 0.338 e. The lowest BCUT2D eigenvalue weighted by molar-refractivity contribution is 0.0472. The number of hydrogen-bond donors (Lipinski definition) is 1. The number of nitrogens with zero attached hydrogens (tertiary/aromatic N) is 1. The summed E-state index contributed by atoms with van der Waals surface area (Å²) in [5, 5.41) is 10.3. The monoisotopic (exact) mass is 445 g/mol. The second-order valence-electron chi connectivity index (χ2n) is 9.02. The molecule has 3 rings (SSSR count). The third-order valence-electron chi connectivity index (χ3n) is 5.76. The van der Waals surface area contributed by atoms with E-state index in [-0.39, 0.29) is 18.3 Å². The standard InChI is InChI=1S/C29H35NO3/c1-21(2)30(22(3)4)27-15-9-11-23(19-27)10-8-14-26-18-24(16-17-28(26)31)20-33-29(32)25-12-6-5-7-13-25/h5-7,9,11-13,15-19,21-22,31H,8,10,14,20H2,1-4H3. The lowest BCUT2D eigenvalue weighted by Gasteiger charge is -2.33. The van der Waals surface area contributed by atoms with Crippen molar-refractivity contribution in [2.45, 2.75) is 65.6 Å². The number of aryl methyl sites for hydroxylation is 2. The maximum absolute atomic E-state index is 12.2. The molecule has 0 spiro atoms. The first-order valence-electron chi connectivity index (χ1n) is 11.8. The number of ether oxygens (including phenoxy) is 1. The highest BCUT2D eigenvalue weighted by molar-refractivity contribution is 5.89. The zero-order chi connectivity index (χ0) is 23.8. The van der Waals surface area contributed by atoms with Crippen molar-refractivity contribution in [3.05, 3.63) is 95.1 Å². The van der Waals surface area contributed by atoms with Crippen molar-refractivity contribution in [1.29, 1.82) is 0 Å². The summed E-state index contributed by atoms with van der Waals surface area (Å²) in [5.74, 6) is -0.0605. The number of anilines is 1. The van der Waals surface area contributed by atoms with E-state index in [0.29, 0.717) is 17.6 Å². The average Bonchev–Trinajstić information content (AvgIpc) is 2.79. The number of phenolic OH excluding ortho intramolecular Hbond substituents is 1. The largest absolute Gasteiger partial charge is 0.508 e. The van der Waals surface area contributed by atoms with E-state index >= 15 is 0 Å². The number of rotatable bonds is 10. The van der Waals surface area contributed by atoms with Gasteiger partial charge < -0.3 is 14.7 Å². The molecule has 4 heteroatoms. The maximum atomic E-state index is 12.2. The Morgan fingerprint density at radius 2 is 1.58 bits per heavy atom. The number of phenols is 1. The van der Waals surface area contributed by atoms with E-state index in [9.17, 15) is 9.90 Å². The van der Waals surface area contributed by atoms with Gasteiger partial charge in [0.1, 0.15) is 12.4 Å². The minimum atomic E-state index is -0.345. The number of aromatic hydroxyl groups is 1. The first-order chi connectivity index (χ1) is 15.8. The summed E-state index contributed by atoms with van der Waals surface area (Å²) in [6.45, 7) is 9.07. The van der Waals surface area contributed by atoms with Crippen LogP contribution in [0.15, 0.2) is 72.8 Å². The van der Waals surface area contributed by atoms with Gasteiger partial charge in [-0.2, -0.15) is 0 Å². The molecule has 0 fully saturated rings. The van der Waals surface area contributed by atoms with Gasteiger partial charge in [0.25, 0.3) is 0 Å². The molecule has 0 heterocycles. The fourth-order valence-corrected chi connectivity index (χ4v) is 4.28. The molecule has 0 bridgehead atoms. The number of benzene rings is 3. The molecular weight excluding hydrogens is 410 g/mol. The van der Waals surface area contributed by atoms with Crippen LogP contribution in [-0.2, 0) is 24.2 Å². The normalized spacial score (nSPS) is 11.1. The van der Waals surface area contributed by atoms with Crippen molar-refractivity contribution in [2.75, 3.05) is 4.90 Å². The van der Waals surface area contributed by atoms with Gasteiger partial charge >= 0.3 is 5.97 Å². The first kappa shape index (κ1) is 24.4. The molecule has 0 atom stereocenters. The predicted octanol–water partition coefficient (Wildman–Crippen LogP) is 6.55. The van der Waals surface area contributed by atoms with E-state index in [0.717, 1.165) is 30.4 Å². The van der Waals surface area contributed by atoms with Gasteiger partial charge in [-0.3, -0.25) is 0 Å². The third kappa shape index (κ3) is 6.85. The van der Waals surface area contributed by atoms with Gasteiger partial charge in [-0.1, -0.05) is 36.4 Å². The van der Waals surface area contributed by atoms with E-state index < -0.39 is 0 Å². The van der Waals surface area contributed by atoms with Gasteiger partial charge in [-0.05, 0) is 100 Å². The predicted molar refractivity (Wildman–Crippen MR) is 135 cm³/mol. The van der Waals surface area contributed by atoms with E-state index in [1.807, 2.05) is 24.3 Å². The van der Waals surface area contributed by atoms with Crippen molar-refractivity contribution < 1.29 is 14.6 Å². The molecular formula is C29H35NO3. The fraction of sp³-hybridized carbons (Fsp3) is 0.345. The number of hydrogen-bond acceptors (Lipinski definition) is 4. The van der Waals surface area contributed by atoms with Crippen molar-refractivity contribution >= 4 is 11.7 Å². The minimum absolute atomic E-state index is 0.184. The smallest absolute Gasteiger partial charge is 0.338 e. The van der Waals surface area contributed by atoms with Crippen LogP contribution in [0.5, 0.6) is 5.75 Å². The molecule has 0 unspecified atom stereocenters. The lowest BCUT2D eigenvalue weighted by Crippen LogP contribution is -2.36. The van der Waals surface area contributed by atoms with Crippen LogP contribution in [0.2, 0.25) is 0 Å². The molecule has 0 saturated heterocycles. The second kappa shape index (κ2) is 11.6. The molecule has 0 amide bonds. The number of carbonyl (C=O) groups is 1. The molecule has 3 aromatic rings. The van der Waals surface area contributed by atoms with Gasteiger partial charge in [0.2, 0.25) is 0 Å². The van der Waals surface area contributed by atoms with Crippen LogP contribution < -0.4 is 4.90 Å². The van der Waals surface area contributed by atoms with Crippen molar-refractivity contribution in [3.8, 4) is 5.75 Å². The van der Waals surface area contributed by atoms with Gasteiger partial charge in [-0.15, -0.1) is 0 Å².